The number of rotatable bonds is 2. The third-order valence-corrected chi connectivity index (χ3v) is 1.98. The second-order valence-corrected chi connectivity index (χ2v) is 2.96. The highest BCUT2D eigenvalue weighted by Gasteiger charge is 2.15. The predicted molar refractivity (Wildman–Crippen MR) is 48.3 cm³/mol. The van der Waals surface area contributed by atoms with Crippen molar-refractivity contribution in [2.75, 3.05) is 0 Å². The molecular formula is C9H8ClNO2. The van der Waals surface area contributed by atoms with Gasteiger partial charge in [-0.3, -0.25) is 0 Å². The molecule has 0 aliphatic heterocycles. The number of aliphatic hydroxyl groups is 1. The molecule has 1 aromatic rings. The number of aromatic hydroxyl groups is 1. The summed E-state index contributed by atoms with van der Waals surface area (Å²) in [6.07, 6.45) is -1.12. The number of hydrogen-bond acceptors (Lipinski definition) is 3. The summed E-state index contributed by atoms with van der Waals surface area (Å²) in [4.78, 5) is 0. The van der Waals surface area contributed by atoms with Crippen molar-refractivity contribution in [3.63, 3.8) is 0 Å². The van der Waals surface area contributed by atoms with Crippen LogP contribution in [0.5, 0.6) is 5.75 Å². The van der Waals surface area contributed by atoms with Crippen LogP contribution in [0.1, 0.15) is 18.1 Å². The first-order chi connectivity index (χ1) is 6.16. The Morgan fingerprint density at radius 2 is 2.23 bits per heavy atom. The van der Waals surface area contributed by atoms with E-state index in [9.17, 15) is 10.2 Å². The van der Waals surface area contributed by atoms with Crippen LogP contribution in [0.3, 0.4) is 0 Å². The number of phenols is 1. The Morgan fingerprint density at radius 3 is 2.77 bits per heavy atom. The zero-order valence-electron chi connectivity index (χ0n) is 6.74. The summed E-state index contributed by atoms with van der Waals surface area (Å²) in [6, 6.07) is 6.34. The van der Waals surface area contributed by atoms with E-state index < -0.39 is 6.10 Å². The van der Waals surface area contributed by atoms with E-state index in [0.717, 1.165) is 0 Å². The number of nitrogens with zero attached hydrogens (tertiary/aromatic N) is 1. The van der Waals surface area contributed by atoms with E-state index in [1.54, 1.807) is 18.2 Å². The average Bonchev–Trinajstić information content (AvgIpc) is 2.04. The minimum absolute atomic E-state index is 0.0860. The lowest BCUT2D eigenvalue weighted by Crippen LogP contribution is -1.97. The van der Waals surface area contributed by atoms with Gasteiger partial charge in [0, 0.05) is 5.56 Å². The van der Waals surface area contributed by atoms with Crippen molar-refractivity contribution >= 4 is 11.6 Å². The molecule has 0 amide bonds. The number of halogens is 1. The van der Waals surface area contributed by atoms with Crippen molar-refractivity contribution in [3.8, 4) is 11.8 Å². The molecule has 0 saturated carbocycles. The molecule has 3 nitrogen and oxygen atoms in total. The SMILES string of the molecule is N#CCC(O)c1c(O)cccc1Cl. The summed E-state index contributed by atoms with van der Waals surface area (Å²) in [5.41, 5.74) is 0.214. The lowest BCUT2D eigenvalue weighted by molar-refractivity contribution is 0.179. The van der Waals surface area contributed by atoms with Gasteiger partial charge in [-0.2, -0.15) is 5.26 Å². The molecule has 0 radical (unpaired) electrons. The molecular weight excluding hydrogens is 190 g/mol. The van der Waals surface area contributed by atoms with Crippen LogP contribution in [-0.4, -0.2) is 10.2 Å². The zero-order chi connectivity index (χ0) is 9.84. The monoisotopic (exact) mass is 197 g/mol. The summed E-state index contributed by atoms with van der Waals surface area (Å²) >= 11 is 5.73. The third-order valence-electron chi connectivity index (χ3n) is 1.65. The maximum absolute atomic E-state index is 9.42. The van der Waals surface area contributed by atoms with Crippen molar-refractivity contribution in [2.45, 2.75) is 12.5 Å². The fourth-order valence-electron chi connectivity index (χ4n) is 1.04. The summed E-state index contributed by atoms with van der Waals surface area (Å²) < 4.78 is 0. The molecule has 0 saturated heterocycles. The summed E-state index contributed by atoms with van der Waals surface area (Å²) in [5.74, 6) is -0.0877. The normalized spacial score (nSPS) is 12.1. The minimum Gasteiger partial charge on any atom is -0.508 e. The van der Waals surface area contributed by atoms with E-state index in [4.69, 9.17) is 16.9 Å². The number of nitriles is 1. The van der Waals surface area contributed by atoms with Gasteiger partial charge in [0.05, 0.1) is 23.6 Å². The van der Waals surface area contributed by atoms with Gasteiger partial charge in [0.15, 0.2) is 0 Å². The second-order valence-electron chi connectivity index (χ2n) is 2.55. The van der Waals surface area contributed by atoms with Gasteiger partial charge in [-0.15, -0.1) is 0 Å². The molecule has 68 valence electrons. The smallest absolute Gasteiger partial charge is 0.122 e. The van der Waals surface area contributed by atoms with Gasteiger partial charge in [0.25, 0.3) is 0 Å². The molecule has 0 aliphatic rings. The van der Waals surface area contributed by atoms with E-state index in [-0.39, 0.29) is 22.8 Å². The van der Waals surface area contributed by atoms with Gasteiger partial charge >= 0.3 is 0 Å². The Kier molecular flexibility index (Phi) is 3.13. The second kappa shape index (κ2) is 4.13. The van der Waals surface area contributed by atoms with Crippen LogP contribution in [0.25, 0.3) is 0 Å². The average molecular weight is 198 g/mol. The van der Waals surface area contributed by atoms with Crippen LogP contribution in [0.2, 0.25) is 5.02 Å². The Hall–Kier alpha value is -1.24. The van der Waals surface area contributed by atoms with Crippen LogP contribution in [0, 0.1) is 11.3 Å². The van der Waals surface area contributed by atoms with Crippen LogP contribution in [0.4, 0.5) is 0 Å². The molecule has 2 N–H and O–H groups in total. The van der Waals surface area contributed by atoms with Crippen LogP contribution in [-0.2, 0) is 0 Å². The lowest BCUT2D eigenvalue weighted by Gasteiger charge is -2.10. The van der Waals surface area contributed by atoms with E-state index in [1.165, 1.54) is 6.07 Å². The Morgan fingerprint density at radius 1 is 1.54 bits per heavy atom. The number of benzene rings is 1. The first kappa shape index (κ1) is 9.85. The number of phenolic OH excluding ortho intramolecular Hbond substituents is 1. The van der Waals surface area contributed by atoms with Gasteiger partial charge in [-0.1, -0.05) is 17.7 Å². The summed E-state index contributed by atoms with van der Waals surface area (Å²) in [5, 5.41) is 27.4. The topological polar surface area (TPSA) is 64.2 Å². The van der Waals surface area contributed by atoms with E-state index in [2.05, 4.69) is 0 Å². The summed E-state index contributed by atoms with van der Waals surface area (Å²) in [6.45, 7) is 0. The van der Waals surface area contributed by atoms with E-state index in [0.29, 0.717) is 0 Å². The predicted octanol–water partition coefficient (Wildman–Crippen LogP) is 1.99. The molecule has 0 aliphatic carbocycles. The third kappa shape index (κ3) is 2.11. The van der Waals surface area contributed by atoms with Gasteiger partial charge in [0.1, 0.15) is 5.75 Å². The first-order valence-electron chi connectivity index (χ1n) is 3.69. The van der Waals surface area contributed by atoms with Gasteiger partial charge < -0.3 is 10.2 Å². The minimum atomic E-state index is -1.03. The largest absolute Gasteiger partial charge is 0.508 e. The quantitative estimate of drug-likeness (QED) is 0.762. The molecule has 13 heavy (non-hydrogen) atoms. The molecule has 1 unspecified atom stereocenters. The molecule has 1 atom stereocenters. The number of aliphatic hydroxyl groups excluding tert-OH is 1. The highest BCUT2D eigenvalue weighted by atomic mass is 35.5. The van der Waals surface area contributed by atoms with Crippen molar-refractivity contribution in [3.05, 3.63) is 28.8 Å². The Labute approximate surface area is 80.8 Å². The van der Waals surface area contributed by atoms with E-state index in [1.807, 2.05) is 0 Å². The standard InChI is InChI=1S/C9H8ClNO2/c10-6-2-1-3-7(12)9(6)8(13)4-5-11/h1-3,8,12-13H,4H2. The Balaban J connectivity index is 3.06. The van der Waals surface area contributed by atoms with Crippen molar-refractivity contribution in [1.29, 1.82) is 5.26 Å². The van der Waals surface area contributed by atoms with Crippen molar-refractivity contribution < 1.29 is 10.2 Å². The van der Waals surface area contributed by atoms with Gasteiger partial charge in [0.2, 0.25) is 0 Å². The molecule has 4 heteroatoms. The molecule has 1 aromatic carbocycles. The molecule has 0 heterocycles. The van der Waals surface area contributed by atoms with E-state index >= 15 is 0 Å². The number of hydrogen-bond donors (Lipinski definition) is 2. The van der Waals surface area contributed by atoms with Gasteiger partial charge in [-0.05, 0) is 12.1 Å². The van der Waals surface area contributed by atoms with Crippen molar-refractivity contribution in [2.24, 2.45) is 0 Å². The molecule has 0 spiro atoms. The lowest BCUT2D eigenvalue weighted by atomic mass is 10.1. The maximum Gasteiger partial charge on any atom is 0.122 e. The maximum atomic E-state index is 9.42. The first-order valence-corrected chi connectivity index (χ1v) is 4.07. The Bertz CT molecular complexity index is 326. The van der Waals surface area contributed by atoms with Crippen molar-refractivity contribution in [1.82, 2.24) is 0 Å². The molecule has 0 aromatic heterocycles. The summed E-state index contributed by atoms with van der Waals surface area (Å²) in [7, 11) is 0. The van der Waals surface area contributed by atoms with Crippen LogP contribution >= 0.6 is 11.6 Å². The molecule has 1 rings (SSSR count). The molecule has 0 fully saturated rings. The zero-order valence-corrected chi connectivity index (χ0v) is 7.49. The fourth-order valence-corrected chi connectivity index (χ4v) is 1.34. The fraction of sp³-hybridized carbons (Fsp3) is 0.222. The van der Waals surface area contributed by atoms with Crippen LogP contribution < -0.4 is 0 Å². The highest BCUT2D eigenvalue weighted by molar-refractivity contribution is 6.31. The van der Waals surface area contributed by atoms with Gasteiger partial charge in [-0.25, -0.2) is 0 Å². The van der Waals surface area contributed by atoms with Crippen LogP contribution in [0.15, 0.2) is 18.2 Å². The highest BCUT2D eigenvalue weighted by Crippen LogP contribution is 2.32. The molecule has 0 bridgehead atoms.